The van der Waals surface area contributed by atoms with Gasteiger partial charge in [0.15, 0.2) is 0 Å². The minimum atomic E-state index is 0.199. The molecule has 1 heterocycles. The molecule has 0 bridgehead atoms. The Morgan fingerprint density at radius 2 is 1.94 bits per heavy atom. The zero-order valence-corrected chi connectivity index (χ0v) is 11.4. The zero-order valence-electron chi connectivity index (χ0n) is 10.7. The largest absolute Gasteiger partial charge is 0.507 e. The van der Waals surface area contributed by atoms with E-state index >= 15 is 0 Å². The number of aromatic nitrogens is 2. The predicted molar refractivity (Wildman–Crippen MR) is 73.0 cm³/mol. The maximum atomic E-state index is 9.99. The van der Waals surface area contributed by atoms with E-state index in [2.05, 4.69) is 9.97 Å². The minimum Gasteiger partial charge on any atom is -0.507 e. The van der Waals surface area contributed by atoms with Gasteiger partial charge in [-0.05, 0) is 38.5 Å². The highest BCUT2D eigenvalue weighted by atomic mass is 35.5. The van der Waals surface area contributed by atoms with Crippen LogP contribution in [-0.4, -0.2) is 15.1 Å². The van der Waals surface area contributed by atoms with E-state index in [0.29, 0.717) is 10.6 Å². The molecule has 1 aromatic carbocycles. The normalized spacial score (nSPS) is 10.7. The molecular weight excluding hydrogens is 248 g/mol. The standard InChI is InChI=1S/C14H15ClN2O/c1-4-12-14(8(2)16-9(3)17-12)11-7-10(15)5-6-13(11)18/h5-7,18H,4H2,1-3H3. The van der Waals surface area contributed by atoms with Crippen LogP contribution in [0.2, 0.25) is 5.02 Å². The molecule has 0 spiro atoms. The van der Waals surface area contributed by atoms with Crippen LogP contribution in [0.4, 0.5) is 0 Å². The Hall–Kier alpha value is -1.61. The lowest BCUT2D eigenvalue weighted by molar-refractivity contribution is 0.477. The predicted octanol–water partition coefficient (Wildman–Crippen LogP) is 3.68. The number of aromatic hydroxyl groups is 1. The van der Waals surface area contributed by atoms with Gasteiger partial charge in [0.05, 0.1) is 5.69 Å². The van der Waals surface area contributed by atoms with Gasteiger partial charge in [-0.1, -0.05) is 18.5 Å². The van der Waals surface area contributed by atoms with Crippen LogP contribution in [0.1, 0.15) is 24.1 Å². The topological polar surface area (TPSA) is 46.0 Å². The summed E-state index contributed by atoms with van der Waals surface area (Å²) in [7, 11) is 0. The monoisotopic (exact) mass is 262 g/mol. The Morgan fingerprint density at radius 1 is 1.22 bits per heavy atom. The number of phenolic OH excluding ortho intramolecular Hbond substituents is 1. The lowest BCUT2D eigenvalue weighted by atomic mass is 10.00. The number of benzene rings is 1. The Morgan fingerprint density at radius 3 is 2.61 bits per heavy atom. The van der Waals surface area contributed by atoms with Gasteiger partial charge in [-0.15, -0.1) is 0 Å². The van der Waals surface area contributed by atoms with E-state index in [9.17, 15) is 5.11 Å². The molecule has 0 radical (unpaired) electrons. The summed E-state index contributed by atoms with van der Waals surface area (Å²) in [6.07, 6.45) is 0.783. The number of rotatable bonds is 2. The van der Waals surface area contributed by atoms with Crippen LogP contribution in [0, 0.1) is 13.8 Å². The first-order chi connectivity index (χ1) is 8.52. The maximum Gasteiger partial charge on any atom is 0.125 e. The highest BCUT2D eigenvalue weighted by Crippen LogP contribution is 2.35. The van der Waals surface area contributed by atoms with Crippen LogP contribution in [0.3, 0.4) is 0 Å². The molecule has 18 heavy (non-hydrogen) atoms. The van der Waals surface area contributed by atoms with E-state index in [1.807, 2.05) is 20.8 Å². The summed E-state index contributed by atoms with van der Waals surface area (Å²) in [5.41, 5.74) is 3.36. The molecule has 0 aliphatic rings. The molecule has 0 amide bonds. The molecule has 0 saturated carbocycles. The third-order valence-electron chi connectivity index (χ3n) is 2.84. The van der Waals surface area contributed by atoms with Crippen LogP contribution in [0.25, 0.3) is 11.1 Å². The van der Waals surface area contributed by atoms with Gasteiger partial charge in [-0.25, -0.2) is 9.97 Å². The average molecular weight is 263 g/mol. The third-order valence-corrected chi connectivity index (χ3v) is 3.07. The Labute approximate surface area is 111 Å². The quantitative estimate of drug-likeness (QED) is 0.898. The van der Waals surface area contributed by atoms with Crippen molar-refractivity contribution in [2.45, 2.75) is 27.2 Å². The minimum absolute atomic E-state index is 0.199. The van der Waals surface area contributed by atoms with Crippen LogP contribution < -0.4 is 0 Å². The molecule has 4 heteroatoms. The van der Waals surface area contributed by atoms with E-state index in [0.717, 1.165) is 29.2 Å². The van der Waals surface area contributed by atoms with Crippen molar-refractivity contribution in [3.63, 3.8) is 0 Å². The van der Waals surface area contributed by atoms with Gasteiger partial charge < -0.3 is 5.11 Å². The molecule has 0 fully saturated rings. The van der Waals surface area contributed by atoms with Crippen molar-refractivity contribution in [2.75, 3.05) is 0 Å². The second kappa shape index (κ2) is 4.94. The molecule has 1 N–H and O–H groups in total. The molecule has 0 atom stereocenters. The van der Waals surface area contributed by atoms with Gasteiger partial charge in [0.1, 0.15) is 11.6 Å². The van der Waals surface area contributed by atoms with Gasteiger partial charge in [0, 0.05) is 21.8 Å². The summed E-state index contributed by atoms with van der Waals surface area (Å²) in [6, 6.07) is 5.00. The Balaban J connectivity index is 2.74. The van der Waals surface area contributed by atoms with E-state index < -0.39 is 0 Å². The van der Waals surface area contributed by atoms with Crippen molar-refractivity contribution in [3.8, 4) is 16.9 Å². The third kappa shape index (κ3) is 2.31. The maximum absolute atomic E-state index is 9.99. The number of halogens is 1. The van der Waals surface area contributed by atoms with Crippen molar-refractivity contribution >= 4 is 11.6 Å². The van der Waals surface area contributed by atoms with Crippen molar-refractivity contribution in [1.29, 1.82) is 0 Å². The summed E-state index contributed by atoms with van der Waals surface area (Å²) >= 11 is 5.99. The molecule has 0 aliphatic carbocycles. The molecule has 94 valence electrons. The highest BCUT2D eigenvalue weighted by Gasteiger charge is 2.14. The van der Waals surface area contributed by atoms with Gasteiger partial charge in [0.25, 0.3) is 0 Å². The van der Waals surface area contributed by atoms with E-state index in [1.54, 1.807) is 18.2 Å². The summed E-state index contributed by atoms with van der Waals surface area (Å²) in [5.74, 6) is 0.944. The second-order valence-corrected chi connectivity index (χ2v) is 4.63. The molecule has 3 nitrogen and oxygen atoms in total. The molecular formula is C14H15ClN2O. The molecule has 2 aromatic rings. The van der Waals surface area contributed by atoms with Crippen molar-refractivity contribution in [3.05, 3.63) is 40.4 Å². The molecule has 2 rings (SSSR count). The lowest BCUT2D eigenvalue weighted by Crippen LogP contribution is -2.02. The van der Waals surface area contributed by atoms with E-state index in [4.69, 9.17) is 11.6 Å². The Kier molecular flexibility index (Phi) is 3.53. The summed E-state index contributed by atoms with van der Waals surface area (Å²) < 4.78 is 0. The first-order valence-electron chi connectivity index (χ1n) is 5.86. The van der Waals surface area contributed by atoms with Gasteiger partial charge in [-0.2, -0.15) is 0 Å². The van der Waals surface area contributed by atoms with Crippen LogP contribution >= 0.6 is 11.6 Å². The lowest BCUT2D eigenvalue weighted by Gasteiger charge is -2.13. The number of hydrogen-bond donors (Lipinski definition) is 1. The van der Waals surface area contributed by atoms with Gasteiger partial charge in [-0.3, -0.25) is 0 Å². The first kappa shape index (κ1) is 12.8. The van der Waals surface area contributed by atoms with Crippen LogP contribution in [0.15, 0.2) is 18.2 Å². The number of nitrogens with zero attached hydrogens (tertiary/aromatic N) is 2. The molecule has 1 aromatic heterocycles. The van der Waals surface area contributed by atoms with Crippen LogP contribution in [-0.2, 0) is 6.42 Å². The van der Waals surface area contributed by atoms with Crippen molar-refractivity contribution in [1.82, 2.24) is 9.97 Å². The fraction of sp³-hybridized carbons (Fsp3) is 0.286. The molecule has 0 saturated heterocycles. The molecule has 0 aliphatic heterocycles. The summed E-state index contributed by atoms with van der Waals surface area (Å²) in [6.45, 7) is 5.82. The van der Waals surface area contributed by atoms with E-state index in [-0.39, 0.29) is 5.75 Å². The first-order valence-corrected chi connectivity index (χ1v) is 6.23. The van der Waals surface area contributed by atoms with Crippen molar-refractivity contribution < 1.29 is 5.11 Å². The Bertz CT molecular complexity index is 597. The zero-order chi connectivity index (χ0) is 13.3. The average Bonchev–Trinajstić information content (AvgIpc) is 2.32. The van der Waals surface area contributed by atoms with E-state index in [1.165, 1.54) is 0 Å². The summed E-state index contributed by atoms with van der Waals surface area (Å²) in [4.78, 5) is 8.80. The van der Waals surface area contributed by atoms with Crippen molar-refractivity contribution in [2.24, 2.45) is 0 Å². The highest BCUT2D eigenvalue weighted by molar-refractivity contribution is 6.31. The fourth-order valence-electron chi connectivity index (χ4n) is 2.10. The number of hydrogen-bond acceptors (Lipinski definition) is 3. The van der Waals surface area contributed by atoms with Gasteiger partial charge >= 0.3 is 0 Å². The number of phenols is 1. The smallest absolute Gasteiger partial charge is 0.125 e. The van der Waals surface area contributed by atoms with Gasteiger partial charge in [0.2, 0.25) is 0 Å². The fourth-order valence-corrected chi connectivity index (χ4v) is 2.27. The SMILES string of the molecule is CCc1nc(C)nc(C)c1-c1cc(Cl)ccc1O. The van der Waals surface area contributed by atoms with Crippen LogP contribution in [0.5, 0.6) is 5.75 Å². The number of aryl methyl sites for hydroxylation is 3. The molecule has 0 unspecified atom stereocenters. The summed E-state index contributed by atoms with van der Waals surface area (Å²) in [5, 5.41) is 10.6. The second-order valence-electron chi connectivity index (χ2n) is 4.19.